The molecule has 0 aliphatic carbocycles. The number of nitrogens with one attached hydrogen (secondary N) is 1. The molecule has 1 aromatic rings. The number of hydrogen-bond acceptors (Lipinski definition) is 3. The zero-order chi connectivity index (χ0) is 13.0. The predicted molar refractivity (Wildman–Crippen MR) is 66.4 cm³/mol. The van der Waals surface area contributed by atoms with Crippen LogP contribution in [0.25, 0.3) is 0 Å². The summed E-state index contributed by atoms with van der Waals surface area (Å²) in [6, 6.07) is 6.46. The summed E-state index contributed by atoms with van der Waals surface area (Å²) in [6.07, 6.45) is 2.17. The lowest BCUT2D eigenvalue weighted by molar-refractivity contribution is 0.0207. The summed E-state index contributed by atoms with van der Waals surface area (Å²) in [6.45, 7) is 4.31. The summed E-state index contributed by atoms with van der Waals surface area (Å²) in [5, 5.41) is 12.0. The first-order valence-corrected chi connectivity index (χ1v) is 6.16. The molecular formula is C14H17FN2O. The number of nitrogens with zero attached hydrogens (tertiary/aromatic N) is 1. The van der Waals surface area contributed by atoms with E-state index in [1.165, 1.54) is 6.07 Å². The first kappa shape index (κ1) is 13.0. The molecule has 1 atom stereocenters. The molecule has 1 saturated heterocycles. The molecule has 2 rings (SSSR count). The van der Waals surface area contributed by atoms with E-state index in [1.807, 2.05) is 6.07 Å². The SMILES string of the molecule is CC1(CNCc2ccc(F)c(C#N)c2)CCCO1. The van der Waals surface area contributed by atoms with E-state index in [-0.39, 0.29) is 11.2 Å². The van der Waals surface area contributed by atoms with Gasteiger partial charge >= 0.3 is 0 Å². The molecule has 0 spiro atoms. The van der Waals surface area contributed by atoms with Gasteiger partial charge in [-0.2, -0.15) is 5.26 Å². The van der Waals surface area contributed by atoms with Gasteiger partial charge in [-0.25, -0.2) is 4.39 Å². The normalized spacial score (nSPS) is 22.9. The number of nitriles is 1. The summed E-state index contributed by atoms with van der Waals surface area (Å²) >= 11 is 0. The monoisotopic (exact) mass is 248 g/mol. The predicted octanol–water partition coefficient (Wildman–Crippen LogP) is 2.36. The minimum atomic E-state index is -0.465. The van der Waals surface area contributed by atoms with Crippen molar-refractivity contribution in [1.82, 2.24) is 5.32 Å². The molecule has 0 bridgehead atoms. The van der Waals surface area contributed by atoms with E-state index >= 15 is 0 Å². The lowest BCUT2D eigenvalue weighted by atomic mass is 10.0. The Balaban J connectivity index is 1.89. The van der Waals surface area contributed by atoms with Crippen molar-refractivity contribution in [2.75, 3.05) is 13.2 Å². The van der Waals surface area contributed by atoms with E-state index in [4.69, 9.17) is 10.00 Å². The van der Waals surface area contributed by atoms with Gasteiger partial charge in [-0.05, 0) is 37.5 Å². The van der Waals surface area contributed by atoms with Crippen molar-refractivity contribution in [3.8, 4) is 6.07 Å². The highest BCUT2D eigenvalue weighted by molar-refractivity contribution is 5.34. The minimum absolute atomic E-state index is 0.0852. The van der Waals surface area contributed by atoms with Crippen LogP contribution in [0.15, 0.2) is 18.2 Å². The van der Waals surface area contributed by atoms with Crippen LogP contribution in [0.4, 0.5) is 4.39 Å². The molecule has 1 fully saturated rings. The third-order valence-corrected chi connectivity index (χ3v) is 3.28. The van der Waals surface area contributed by atoms with Gasteiger partial charge < -0.3 is 10.1 Å². The topological polar surface area (TPSA) is 45.0 Å². The maximum Gasteiger partial charge on any atom is 0.140 e. The second-order valence-electron chi connectivity index (χ2n) is 4.93. The molecule has 1 unspecified atom stereocenters. The first-order valence-electron chi connectivity index (χ1n) is 6.16. The molecule has 1 aliphatic heterocycles. The number of halogens is 1. The van der Waals surface area contributed by atoms with E-state index in [0.717, 1.165) is 31.6 Å². The van der Waals surface area contributed by atoms with Gasteiger partial charge in [0.05, 0.1) is 11.2 Å². The fourth-order valence-electron chi connectivity index (χ4n) is 2.22. The maximum absolute atomic E-state index is 13.1. The molecule has 4 heteroatoms. The number of ether oxygens (including phenoxy) is 1. The third-order valence-electron chi connectivity index (χ3n) is 3.28. The number of benzene rings is 1. The second kappa shape index (κ2) is 5.47. The van der Waals surface area contributed by atoms with Gasteiger partial charge in [-0.3, -0.25) is 0 Å². The van der Waals surface area contributed by atoms with Gasteiger partial charge in [-0.1, -0.05) is 6.07 Å². The zero-order valence-electron chi connectivity index (χ0n) is 10.5. The smallest absolute Gasteiger partial charge is 0.140 e. The Morgan fingerprint density at radius 3 is 3.06 bits per heavy atom. The molecule has 0 saturated carbocycles. The Morgan fingerprint density at radius 1 is 1.56 bits per heavy atom. The van der Waals surface area contributed by atoms with Gasteiger partial charge in [0.25, 0.3) is 0 Å². The molecular weight excluding hydrogens is 231 g/mol. The largest absolute Gasteiger partial charge is 0.374 e. The lowest BCUT2D eigenvalue weighted by Gasteiger charge is -2.23. The van der Waals surface area contributed by atoms with Crippen LogP contribution in [0.1, 0.15) is 30.9 Å². The molecule has 1 aliphatic rings. The summed E-state index contributed by atoms with van der Waals surface area (Å²) in [5.74, 6) is -0.465. The van der Waals surface area contributed by atoms with Gasteiger partial charge in [0, 0.05) is 19.7 Å². The van der Waals surface area contributed by atoms with Crippen molar-refractivity contribution in [1.29, 1.82) is 5.26 Å². The van der Waals surface area contributed by atoms with Gasteiger partial charge in [0.1, 0.15) is 11.9 Å². The highest BCUT2D eigenvalue weighted by Gasteiger charge is 2.28. The Kier molecular flexibility index (Phi) is 3.95. The van der Waals surface area contributed by atoms with Crippen molar-refractivity contribution >= 4 is 0 Å². The summed E-state index contributed by atoms with van der Waals surface area (Å²) < 4.78 is 18.8. The third kappa shape index (κ3) is 3.06. The van der Waals surface area contributed by atoms with E-state index in [1.54, 1.807) is 12.1 Å². The van der Waals surface area contributed by atoms with Crippen LogP contribution >= 0.6 is 0 Å². The van der Waals surface area contributed by atoms with E-state index in [2.05, 4.69) is 12.2 Å². The van der Waals surface area contributed by atoms with E-state index < -0.39 is 5.82 Å². The average Bonchev–Trinajstić information content (AvgIpc) is 2.78. The number of hydrogen-bond donors (Lipinski definition) is 1. The standard InChI is InChI=1S/C14H17FN2O/c1-14(5-2-6-18-14)10-17-9-11-3-4-13(15)12(7-11)8-16/h3-4,7,17H,2,5-6,9-10H2,1H3. The van der Waals surface area contributed by atoms with Crippen LogP contribution in [0.5, 0.6) is 0 Å². The van der Waals surface area contributed by atoms with Crippen LogP contribution in [-0.4, -0.2) is 18.8 Å². The van der Waals surface area contributed by atoms with Crippen molar-refractivity contribution in [3.63, 3.8) is 0 Å². The van der Waals surface area contributed by atoms with Crippen LogP contribution in [0.2, 0.25) is 0 Å². The molecule has 1 aromatic carbocycles. The van der Waals surface area contributed by atoms with E-state index in [0.29, 0.717) is 6.54 Å². The molecule has 96 valence electrons. The summed E-state index contributed by atoms with van der Waals surface area (Å²) in [4.78, 5) is 0. The molecule has 18 heavy (non-hydrogen) atoms. The van der Waals surface area contributed by atoms with Crippen LogP contribution < -0.4 is 5.32 Å². The van der Waals surface area contributed by atoms with Crippen molar-refractivity contribution < 1.29 is 9.13 Å². The Labute approximate surface area is 107 Å². The summed E-state index contributed by atoms with van der Waals surface area (Å²) in [7, 11) is 0. The quantitative estimate of drug-likeness (QED) is 0.889. The molecule has 3 nitrogen and oxygen atoms in total. The van der Waals surface area contributed by atoms with Crippen molar-refractivity contribution in [2.45, 2.75) is 31.9 Å². The maximum atomic E-state index is 13.1. The fourth-order valence-corrected chi connectivity index (χ4v) is 2.22. The fraction of sp³-hybridized carbons (Fsp3) is 0.500. The Morgan fingerprint density at radius 2 is 2.39 bits per heavy atom. The molecule has 1 heterocycles. The average molecular weight is 248 g/mol. The van der Waals surface area contributed by atoms with E-state index in [9.17, 15) is 4.39 Å². The van der Waals surface area contributed by atoms with Crippen molar-refractivity contribution in [2.24, 2.45) is 0 Å². The van der Waals surface area contributed by atoms with Crippen LogP contribution in [-0.2, 0) is 11.3 Å². The Hall–Kier alpha value is -1.44. The highest BCUT2D eigenvalue weighted by atomic mass is 19.1. The van der Waals surface area contributed by atoms with Crippen LogP contribution in [0, 0.1) is 17.1 Å². The minimum Gasteiger partial charge on any atom is -0.374 e. The molecule has 0 radical (unpaired) electrons. The number of rotatable bonds is 4. The van der Waals surface area contributed by atoms with Crippen LogP contribution in [0.3, 0.4) is 0 Å². The zero-order valence-corrected chi connectivity index (χ0v) is 10.5. The lowest BCUT2D eigenvalue weighted by Crippen LogP contribution is -2.36. The van der Waals surface area contributed by atoms with Gasteiger partial charge in [0.15, 0.2) is 0 Å². The molecule has 1 N–H and O–H groups in total. The van der Waals surface area contributed by atoms with Crippen molar-refractivity contribution in [3.05, 3.63) is 35.1 Å². The highest BCUT2D eigenvalue weighted by Crippen LogP contribution is 2.24. The first-order chi connectivity index (χ1) is 8.63. The molecule has 0 aromatic heterocycles. The summed E-state index contributed by atoms with van der Waals surface area (Å²) in [5.41, 5.74) is 0.921. The van der Waals surface area contributed by atoms with Gasteiger partial charge in [0.2, 0.25) is 0 Å². The molecule has 0 amide bonds. The van der Waals surface area contributed by atoms with Gasteiger partial charge in [-0.15, -0.1) is 0 Å². The Bertz CT molecular complexity index is 461. The second-order valence-corrected chi connectivity index (χ2v) is 4.93.